The molecule has 1 N–H and O–H groups in total. The van der Waals surface area contributed by atoms with Crippen LogP contribution in [0.5, 0.6) is 0 Å². The average molecular weight is 269 g/mol. The number of anilines is 2. The Morgan fingerprint density at radius 3 is 2.78 bits per heavy atom. The highest BCUT2D eigenvalue weighted by Gasteiger charge is 2.19. The number of hydrogen-bond acceptors (Lipinski definition) is 3. The van der Waals surface area contributed by atoms with E-state index in [0.717, 1.165) is 35.8 Å². The van der Waals surface area contributed by atoms with Crippen LogP contribution in [0.1, 0.15) is 19.8 Å². The van der Waals surface area contributed by atoms with Crippen LogP contribution < -0.4 is 10.2 Å². The molecule has 1 aliphatic heterocycles. The summed E-state index contributed by atoms with van der Waals surface area (Å²) in [4.78, 5) is 2.02. The second-order valence-electron chi connectivity index (χ2n) is 5.11. The fraction of sp³-hybridized carbons (Fsp3) is 0.571. The molecule has 1 aromatic carbocycles. The minimum atomic E-state index is 0.341. The minimum Gasteiger partial charge on any atom is -0.382 e. The van der Waals surface area contributed by atoms with Gasteiger partial charge in [-0.05, 0) is 38.0 Å². The van der Waals surface area contributed by atoms with Gasteiger partial charge in [0.2, 0.25) is 0 Å². The van der Waals surface area contributed by atoms with E-state index in [9.17, 15) is 0 Å². The molecule has 0 aromatic heterocycles. The van der Waals surface area contributed by atoms with Gasteiger partial charge in [0.1, 0.15) is 0 Å². The van der Waals surface area contributed by atoms with E-state index in [1.807, 2.05) is 31.1 Å². The summed E-state index contributed by atoms with van der Waals surface area (Å²) in [7, 11) is 3.99. The van der Waals surface area contributed by atoms with E-state index < -0.39 is 0 Å². The average Bonchev–Trinajstić information content (AvgIpc) is 2.28. The largest absolute Gasteiger partial charge is 0.382 e. The third-order valence-electron chi connectivity index (χ3n) is 3.29. The third kappa shape index (κ3) is 3.30. The summed E-state index contributed by atoms with van der Waals surface area (Å²) in [5.41, 5.74) is 2.13. The number of hydrogen-bond donors (Lipinski definition) is 1. The Labute approximate surface area is 114 Å². The zero-order chi connectivity index (χ0) is 13.1. The molecule has 0 saturated carbocycles. The van der Waals surface area contributed by atoms with Crippen LogP contribution in [0, 0.1) is 0 Å². The van der Waals surface area contributed by atoms with Crippen LogP contribution in [0.3, 0.4) is 0 Å². The first kappa shape index (κ1) is 13.5. The number of benzene rings is 1. The molecule has 0 aliphatic carbocycles. The molecular formula is C14H21ClN2O. The Morgan fingerprint density at radius 2 is 2.17 bits per heavy atom. The van der Waals surface area contributed by atoms with Crippen molar-refractivity contribution in [2.45, 2.75) is 31.9 Å². The van der Waals surface area contributed by atoms with E-state index in [-0.39, 0.29) is 0 Å². The standard InChI is InChI=1S/C14H21ClN2O/c1-10-8-12(6-7-18-10)16-11-4-5-14(17(2)3)13(15)9-11/h4-5,9-10,12,16H,6-8H2,1-3H3. The molecule has 0 amide bonds. The summed E-state index contributed by atoms with van der Waals surface area (Å²) >= 11 is 6.26. The Kier molecular flexibility index (Phi) is 4.36. The van der Waals surface area contributed by atoms with E-state index >= 15 is 0 Å². The van der Waals surface area contributed by atoms with Gasteiger partial charge in [-0.3, -0.25) is 0 Å². The van der Waals surface area contributed by atoms with Gasteiger partial charge < -0.3 is 15.0 Å². The highest BCUT2D eigenvalue weighted by Crippen LogP contribution is 2.28. The molecule has 100 valence electrons. The summed E-state index contributed by atoms with van der Waals surface area (Å²) in [6.45, 7) is 2.96. The van der Waals surface area contributed by atoms with Crippen LogP contribution >= 0.6 is 11.6 Å². The lowest BCUT2D eigenvalue weighted by Gasteiger charge is -2.29. The summed E-state index contributed by atoms with van der Waals surface area (Å²) in [5, 5.41) is 4.32. The molecule has 1 fully saturated rings. The fourth-order valence-electron chi connectivity index (χ4n) is 2.32. The maximum Gasteiger partial charge on any atom is 0.0659 e. The highest BCUT2D eigenvalue weighted by molar-refractivity contribution is 6.33. The topological polar surface area (TPSA) is 24.5 Å². The predicted octanol–water partition coefficient (Wildman–Crippen LogP) is 3.39. The zero-order valence-corrected chi connectivity index (χ0v) is 12.0. The number of nitrogens with one attached hydrogen (secondary N) is 1. The zero-order valence-electron chi connectivity index (χ0n) is 11.2. The van der Waals surface area contributed by atoms with E-state index in [1.54, 1.807) is 0 Å². The Balaban J connectivity index is 2.03. The molecule has 2 unspecified atom stereocenters. The monoisotopic (exact) mass is 268 g/mol. The van der Waals surface area contributed by atoms with Gasteiger partial charge in [0.05, 0.1) is 16.8 Å². The van der Waals surface area contributed by atoms with Gasteiger partial charge >= 0.3 is 0 Å². The summed E-state index contributed by atoms with van der Waals surface area (Å²) < 4.78 is 5.55. The number of nitrogens with zero attached hydrogens (tertiary/aromatic N) is 1. The first-order valence-electron chi connectivity index (χ1n) is 6.41. The van der Waals surface area contributed by atoms with Gasteiger partial charge in [0.25, 0.3) is 0 Å². The van der Waals surface area contributed by atoms with Crippen molar-refractivity contribution in [2.75, 3.05) is 30.9 Å². The van der Waals surface area contributed by atoms with Gasteiger partial charge in [-0.2, -0.15) is 0 Å². The summed E-state index contributed by atoms with van der Waals surface area (Å²) in [5.74, 6) is 0. The molecule has 1 heterocycles. The second kappa shape index (κ2) is 5.81. The van der Waals surface area contributed by atoms with Gasteiger partial charge in [0.15, 0.2) is 0 Å². The number of ether oxygens (including phenoxy) is 1. The quantitative estimate of drug-likeness (QED) is 0.910. The highest BCUT2D eigenvalue weighted by atomic mass is 35.5. The Morgan fingerprint density at radius 1 is 1.39 bits per heavy atom. The van der Waals surface area contributed by atoms with Gasteiger partial charge in [-0.15, -0.1) is 0 Å². The maximum absolute atomic E-state index is 6.26. The first-order chi connectivity index (χ1) is 8.56. The SMILES string of the molecule is CC1CC(Nc2ccc(N(C)C)c(Cl)c2)CCO1. The van der Waals surface area contributed by atoms with Crippen molar-refractivity contribution in [1.29, 1.82) is 0 Å². The van der Waals surface area contributed by atoms with Crippen LogP contribution in [0.2, 0.25) is 5.02 Å². The molecule has 3 nitrogen and oxygen atoms in total. The van der Waals surface area contributed by atoms with E-state index in [4.69, 9.17) is 16.3 Å². The molecule has 18 heavy (non-hydrogen) atoms. The normalized spacial score (nSPS) is 23.8. The molecule has 2 atom stereocenters. The Bertz CT molecular complexity index is 409. The first-order valence-corrected chi connectivity index (χ1v) is 6.79. The van der Waals surface area contributed by atoms with Crippen LogP contribution in [-0.2, 0) is 4.74 Å². The number of rotatable bonds is 3. The fourth-order valence-corrected chi connectivity index (χ4v) is 2.67. The lowest BCUT2D eigenvalue weighted by Crippen LogP contribution is -2.32. The molecular weight excluding hydrogens is 248 g/mol. The summed E-state index contributed by atoms with van der Waals surface area (Å²) in [6, 6.07) is 6.61. The van der Waals surface area contributed by atoms with E-state index in [2.05, 4.69) is 18.3 Å². The van der Waals surface area contributed by atoms with Crippen molar-refractivity contribution in [3.63, 3.8) is 0 Å². The molecule has 1 aliphatic rings. The lowest BCUT2D eigenvalue weighted by molar-refractivity contribution is 0.0232. The minimum absolute atomic E-state index is 0.341. The smallest absolute Gasteiger partial charge is 0.0659 e. The summed E-state index contributed by atoms with van der Waals surface area (Å²) in [6.07, 6.45) is 2.44. The van der Waals surface area contributed by atoms with Crippen molar-refractivity contribution >= 4 is 23.0 Å². The molecule has 4 heteroatoms. The van der Waals surface area contributed by atoms with Crippen LogP contribution in [-0.4, -0.2) is 32.8 Å². The molecule has 0 radical (unpaired) electrons. The maximum atomic E-state index is 6.26. The Hall–Kier alpha value is -0.930. The van der Waals surface area contributed by atoms with Gasteiger partial charge in [-0.25, -0.2) is 0 Å². The second-order valence-corrected chi connectivity index (χ2v) is 5.51. The van der Waals surface area contributed by atoms with Crippen LogP contribution in [0.25, 0.3) is 0 Å². The van der Waals surface area contributed by atoms with Crippen molar-refractivity contribution in [1.82, 2.24) is 0 Å². The molecule has 2 rings (SSSR count). The van der Waals surface area contributed by atoms with E-state index in [0.29, 0.717) is 12.1 Å². The van der Waals surface area contributed by atoms with Crippen LogP contribution in [0.4, 0.5) is 11.4 Å². The van der Waals surface area contributed by atoms with Crippen molar-refractivity contribution < 1.29 is 4.74 Å². The number of halogens is 1. The lowest BCUT2D eigenvalue weighted by atomic mass is 10.0. The van der Waals surface area contributed by atoms with Gasteiger partial charge in [0, 0.05) is 32.4 Å². The van der Waals surface area contributed by atoms with Crippen molar-refractivity contribution in [3.05, 3.63) is 23.2 Å². The van der Waals surface area contributed by atoms with Crippen LogP contribution in [0.15, 0.2) is 18.2 Å². The molecule has 1 aromatic rings. The molecule has 1 saturated heterocycles. The van der Waals surface area contributed by atoms with Gasteiger partial charge in [-0.1, -0.05) is 11.6 Å². The van der Waals surface area contributed by atoms with Crippen molar-refractivity contribution in [2.24, 2.45) is 0 Å². The third-order valence-corrected chi connectivity index (χ3v) is 3.59. The predicted molar refractivity (Wildman–Crippen MR) is 77.8 cm³/mol. The van der Waals surface area contributed by atoms with E-state index in [1.165, 1.54) is 0 Å². The molecule has 0 bridgehead atoms. The molecule has 0 spiro atoms. The van der Waals surface area contributed by atoms with Crippen molar-refractivity contribution in [3.8, 4) is 0 Å².